The number of hydrogen-bond acceptors (Lipinski definition) is 3. The number of hydrogen-bond donors (Lipinski definition) is 0. The molecule has 1 heterocycles. The number of para-hydroxylation sites is 1. The van der Waals surface area contributed by atoms with Crippen LogP contribution in [-0.2, 0) is 17.8 Å². The number of aromatic nitrogens is 2. The minimum atomic E-state index is -0.326. The lowest BCUT2D eigenvalue weighted by atomic mass is 10.0. The van der Waals surface area contributed by atoms with E-state index in [1.165, 1.54) is 0 Å². The smallest absolute Gasteiger partial charge is 0.261 e. The number of amides is 1. The summed E-state index contributed by atoms with van der Waals surface area (Å²) in [4.78, 5) is 33.2. The van der Waals surface area contributed by atoms with Gasteiger partial charge in [-0.3, -0.25) is 14.2 Å². The number of carbonyl (C=O) groups excluding carboxylic acids is 1. The molecule has 0 saturated heterocycles. The Morgan fingerprint density at radius 3 is 2.47 bits per heavy atom. The molecule has 0 bridgehead atoms. The van der Waals surface area contributed by atoms with E-state index in [0.717, 1.165) is 5.56 Å². The first-order chi connectivity index (χ1) is 15.3. The van der Waals surface area contributed by atoms with Crippen molar-refractivity contribution in [2.45, 2.75) is 53.1 Å². The van der Waals surface area contributed by atoms with Gasteiger partial charge >= 0.3 is 0 Å². The maximum Gasteiger partial charge on any atom is 0.261 e. The molecule has 0 radical (unpaired) electrons. The van der Waals surface area contributed by atoms with Crippen LogP contribution >= 0.6 is 23.2 Å². The molecule has 170 valence electrons. The van der Waals surface area contributed by atoms with E-state index in [2.05, 4.69) is 0 Å². The fourth-order valence-corrected chi connectivity index (χ4v) is 4.51. The zero-order valence-electron chi connectivity index (χ0n) is 18.9. The van der Waals surface area contributed by atoms with Crippen molar-refractivity contribution in [1.29, 1.82) is 0 Å². The van der Waals surface area contributed by atoms with E-state index in [-0.39, 0.29) is 23.4 Å². The van der Waals surface area contributed by atoms with Crippen LogP contribution in [0.3, 0.4) is 0 Å². The summed E-state index contributed by atoms with van der Waals surface area (Å²) < 4.78 is 1.69. The van der Waals surface area contributed by atoms with Crippen molar-refractivity contribution in [2.75, 3.05) is 6.54 Å². The minimum absolute atomic E-state index is 0.0204. The van der Waals surface area contributed by atoms with Crippen LogP contribution in [0.4, 0.5) is 0 Å². The SMILES string of the molecule is CCC(c1nc2ccccc2c(=O)n1CC)N(CCc1ccc(Cl)cc1Cl)C(=O)C(C)C. The molecular formula is C25H29Cl2N3O2. The third kappa shape index (κ3) is 5.00. The van der Waals surface area contributed by atoms with Crippen LogP contribution in [0, 0.1) is 5.92 Å². The Morgan fingerprint density at radius 1 is 1.12 bits per heavy atom. The molecule has 0 saturated carbocycles. The highest BCUT2D eigenvalue weighted by Gasteiger charge is 2.29. The molecule has 2 aromatic carbocycles. The van der Waals surface area contributed by atoms with E-state index in [1.807, 2.05) is 56.9 Å². The highest BCUT2D eigenvalue weighted by atomic mass is 35.5. The molecule has 1 unspecified atom stereocenters. The average molecular weight is 474 g/mol. The first-order valence-electron chi connectivity index (χ1n) is 11.0. The Balaban J connectivity index is 2.06. The van der Waals surface area contributed by atoms with Crippen LogP contribution in [0.2, 0.25) is 10.0 Å². The van der Waals surface area contributed by atoms with Crippen molar-refractivity contribution in [3.8, 4) is 0 Å². The molecule has 1 atom stereocenters. The third-order valence-electron chi connectivity index (χ3n) is 5.68. The molecule has 0 aliphatic carbocycles. The van der Waals surface area contributed by atoms with Gasteiger partial charge in [-0.25, -0.2) is 4.98 Å². The van der Waals surface area contributed by atoms with Gasteiger partial charge in [0.25, 0.3) is 5.56 Å². The maximum absolute atomic E-state index is 13.3. The number of halogens is 2. The summed E-state index contributed by atoms with van der Waals surface area (Å²) in [5.74, 6) is 0.453. The number of nitrogens with zero attached hydrogens (tertiary/aromatic N) is 3. The predicted molar refractivity (Wildman–Crippen MR) is 131 cm³/mol. The fraction of sp³-hybridized carbons (Fsp3) is 0.400. The van der Waals surface area contributed by atoms with Crippen molar-refractivity contribution in [3.63, 3.8) is 0 Å². The Morgan fingerprint density at radius 2 is 1.84 bits per heavy atom. The molecule has 32 heavy (non-hydrogen) atoms. The van der Waals surface area contributed by atoms with Crippen molar-refractivity contribution in [3.05, 3.63) is 74.3 Å². The highest BCUT2D eigenvalue weighted by molar-refractivity contribution is 6.35. The van der Waals surface area contributed by atoms with Gasteiger partial charge in [0, 0.05) is 29.1 Å². The van der Waals surface area contributed by atoms with E-state index in [0.29, 0.717) is 52.7 Å². The first kappa shape index (κ1) is 24.3. The lowest BCUT2D eigenvalue weighted by molar-refractivity contribution is -0.137. The Bertz CT molecular complexity index is 1170. The monoisotopic (exact) mass is 473 g/mol. The maximum atomic E-state index is 13.3. The molecule has 1 amide bonds. The second kappa shape index (κ2) is 10.5. The lowest BCUT2D eigenvalue weighted by Gasteiger charge is -2.33. The number of benzene rings is 2. The topological polar surface area (TPSA) is 55.2 Å². The van der Waals surface area contributed by atoms with E-state index < -0.39 is 0 Å². The predicted octanol–water partition coefficient (Wildman–Crippen LogP) is 5.90. The summed E-state index contributed by atoms with van der Waals surface area (Å²) in [7, 11) is 0. The fourth-order valence-electron chi connectivity index (χ4n) is 4.00. The molecule has 1 aromatic heterocycles. The van der Waals surface area contributed by atoms with Gasteiger partial charge in [-0.15, -0.1) is 0 Å². The van der Waals surface area contributed by atoms with Crippen LogP contribution in [0.25, 0.3) is 10.9 Å². The van der Waals surface area contributed by atoms with E-state index in [1.54, 1.807) is 22.8 Å². The Hall–Kier alpha value is -2.37. The molecule has 0 aliphatic heterocycles. The second-order valence-electron chi connectivity index (χ2n) is 8.13. The van der Waals surface area contributed by atoms with Crippen molar-refractivity contribution in [2.24, 2.45) is 5.92 Å². The molecule has 3 aromatic rings. The molecule has 3 rings (SSSR count). The van der Waals surface area contributed by atoms with Gasteiger partial charge in [-0.05, 0) is 49.6 Å². The average Bonchev–Trinajstić information content (AvgIpc) is 2.77. The number of carbonyl (C=O) groups is 1. The van der Waals surface area contributed by atoms with Gasteiger partial charge in [0.1, 0.15) is 5.82 Å². The minimum Gasteiger partial charge on any atom is -0.332 e. The van der Waals surface area contributed by atoms with Gasteiger partial charge in [0.15, 0.2) is 0 Å². The van der Waals surface area contributed by atoms with Crippen LogP contribution in [0.15, 0.2) is 47.3 Å². The standard InChI is InChI=1S/C25H29Cl2N3O2/c1-5-22(23-28-21-10-8-7-9-19(21)25(32)29(23)6-2)30(24(31)16(3)4)14-13-17-11-12-18(26)15-20(17)27/h7-12,15-16,22H,5-6,13-14H2,1-4H3. The molecule has 0 aliphatic rings. The number of rotatable bonds is 8. The van der Waals surface area contributed by atoms with Gasteiger partial charge in [0.05, 0.1) is 16.9 Å². The molecular weight excluding hydrogens is 445 g/mol. The summed E-state index contributed by atoms with van der Waals surface area (Å²) in [6.45, 7) is 8.66. The van der Waals surface area contributed by atoms with Crippen LogP contribution in [-0.4, -0.2) is 26.9 Å². The van der Waals surface area contributed by atoms with Gasteiger partial charge < -0.3 is 4.90 Å². The van der Waals surface area contributed by atoms with Gasteiger partial charge in [-0.1, -0.05) is 62.2 Å². The summed E-state index contributed by atoms with van der Waals surface area (Å²) in [5, 5.41) is 1.74. The van der Waals surface area contributed by atoms with Crippen molar-refractivity contribution < 1.29 is 4.79 Å². The Kier molecular flexibility index (Phi) is 7.96. The largest absolute Gasteiger partial charge is 0.332 e. The van der Waals surface area contributed by atoms with Crippen molar-refractivity contribution >= 4 is 40.0 Å². The van der Waals surface area contributed by atoms with E-state index in [4.69, 9.17) is 28.2 Å². The highest BCUT2D eigenvalue weighted by Crippen LogP contribution is 2.27. The molecule has 0 spiro atoms. The lowest BCUT2D eigenvalue weighted by Crippen LogP contribution is -2.41. The van der Waals surface area contributed by atoms with Gasteiger partial charge in [0.2, 0.25) is 5.91 Å². The van der Waals surface area contributed by atoms with Crippen LogP contribution in [0.5, 0.6) is 0 Å². The Labute approximate surface area is 199 Å². The summed E-state index contributed by atoms with van der Waals surface area (Å²) in [6, 6.07) is 12.4. The van der Waals surface area contributed by atoms with E-state index >= 15 is 0 Å². The number of fused-ring (bicyclic) bond motifs is 1. The molecule has 0 N–H and O–H groups in total. The molecule has 5 nitrogen and oxygen atoms in total. The zero-order valence-corrected chi connectivity index (χ0v) is 20.5. The van der Waals surface area contributed by atoms with Gasteiger partial charge in [-0.2, -0.15) is 0 Å². The normalized spacial score (nSPS) is 12.3. The summed E-state index contributed by atoms with van der Waals surface area (Å²) in [6.07, 6.45) is 1.21. The zero-order chi connectivity index (χ0) is 23.4. The summed E-state index contributed by atoms with van der Waals surface area (Å²) >= 11 is 12.4. The summed E-state index contributed by atoms with van der Waals surface area (Å²) in [5.41, 5.74) is 1.49. The molecule has 7 heteroatoms. The first-order valence-corrected chi connectivity index (χ1v) is 11.8. The van der Waals surface area contributed by atoms with E-state index in [9.17, 15) is 9.59 Å². The van der Waals surface area contributed by atoms with Crippen LogP contribution in [0.1, 0.15) is 51.5 Å². The van der Waals surface area contributed by atoms with Crippen molar-refractivity contribution in [1.82, 2.24) is 14.5 Å². The van der Waals surface area contributed by atoms with Crippen LogP contribution < -0.4 is 5.56 Å². The quantitative estimate of drug-likeness (QED) is 0.408. The molecule has 0 fully saturated rings. The third-order valence-corrected chi connectivity index (χ3v) is 6.27. The second-order valence-corrected chi connectivity index (χ2v) is 8.98.